The number of amides is 1. The number of anilines is 1. The second-order valence-corrected chi connectivity index (χ2v) is 5.04. The Morgan fingerprint density at radius 3 is 2.64 bits per heavy atom. The Balaban J connectivity index is 1.93. The van der Waals surface area contributed by atoms with E-state index in [4.69, 9.17) is 4.74 Å². The lowest BCUT2D eigenvalue weighted by atomic mass is 10.2. The molecule has 2 N–H and O–H groups in total. The summed E-state index contributed by atoms with van der Waals surface area (Å²) in [5.74, 6) is 0.524. The first kappa shape index (κ1) is 16.0. The highest BCUT2D eigenvalue weighted by molar-refractivity contribution is 5.94. The molecule has 4 nitrogen and oxygen atoms in total. The number of carbonyl (C=O) groups is 1. The zero-order valence-electron chi connectivity index (χ0n) is 13.0. The summed E-state index contributed by atoms with van der Waals surface area (Å²) in [4.78, 5) is 12.2. The van der Waals surface area contributed by atoms with Crippen LogP contribution in [-0.4, -0.2) is 18.6 Å². The van der Waals surface area contributed by atoms with Gasteiger partial charge in [0.15, 0.2) is 6.10 Å². The molecule has 0 aliphatic heterocycles. The third kappa shape index (κ3) is 4.90. The summed E-state index contributed by atoms with van der Waals surface area (Å²) in [6.45, 7) is 5.51. The van der Waals surface area contributed by atoms with Crippen LogP contribution in [0, 0.1) is 0 Å². The van der Waals surface area contributed by atoms with Gasteiger partial charge in [0.2, 0.25) is 0 Å². The molecule has 0 saturated heterocycles. The van der Waals surface area contributed by atoms with E-state index in [0.29, 0.717) is 5.75 Å². The van der Waals surface area contributed by atoms with E-state index >= 15 is 0 Å². The van der Waals surface area contributed by atoms with Gasteiger partial charge in [0.05, 0.1) is 0 Å². The van der Waals surface area contributed by atoms with Gasteiger partial charge in [0.25, 0.3) is 5.91 Å². The van der Waals surface area contributed by atoms with Gasteiger partial charge < -0.3 is 15.4 Å². The molecule has 2 aromatic rings. The summed E-state index contributed by atoms with van der Waals surface area (Å²) in [7, 11) is 0. The Morgan fingerprint density at radius 1 is 1.14 bits per heavy atom. The van der Waals surface area contributed by atoms with Crippen LogP contribution in [0.3, 0.4) is 0 Å². The van der Waals surface area contributed by atoms with Gasteiger partial charge in [0, 0.05) is 12.2 Å². The van der Waals surface area contributed by atoms with Gasteiger partial charge in [-0.15, -0.1) is 0 Å². The molecule has 0 fully saturated rings. The van der Waals surface area contributed by atoms with E-state index in [0.717, 1.165) is 24.3 Å². The highest BCUT2D eigenvalue weighted by Crippen LogP contribution is 2.14. The predicted octanol–water partition coefficient (Wildman–Crippen LogP) is 3.20. The second-order valence-electron chi connectivity index (χ2n) is 5.04. The standard InChI is InChI=1S/C18H22N2O2/c1-3-19-13-15-8-7-9-16(12-15)20-18(21)14(2)22-17-10-5-4-6-11-17/h4-12,14,19H,3,13H2,1-2H3,(H,20,21). The molecule has 0 aliphatic rings. The lowest BCUT2D eigenvalue weighted by Gasteiger charge is -2.15. The van der Waals surface area contributed by atoms with Gasteiger partial charge >= 0.3 is 0 Å². The Kier molecular flexibility index (Phi) is 5.98. The van der Waals surface area contributed by atoms with Crippen molar-refractivity contribution < 1.29 is 9.53 Å². The van der Waals surface area contributed by atoms with E-state index in [-0.39, 0.29) is 5.91 Å². The molecule has 0 heterocycles. The summed E-state index contributed by atoms with van der Waals surface area (Å²) in [6, 6.07) is 17.1. The van der Waals surface area contributed by atoms with Gasteiger partial charge in [-0.25, -0.2) is 0 Å². The van der Waals surface area contributed by atoms with Crippen molar-refractivity contribution in [3.63, 3.8) is 0 Å². The van der Waals surface area contributed by atoms with Crippen LogP contribution in [0.5, 0.6) is 5.75 Å². The number of para-hydroxylation sites is 1. The van der Waals surface area contributed by atoms with Crippen molar-refractivity contribution in [1.29, 1.82) is 0 Å². The van der Waals surface area contributed by atoms with Crippen LogP contribution in [0.2, 0.25) is 0 Å². The topological polar surface area (TPSA) is 50.4 Å². The Labute approximate surface area is 131 Å². The van der Waals surface area contributed by atoms with Crippen LogP contribution in [0.25, 0.3) is 0 Å². The van der Waals surface area contributed by atoms with Gasteiger partial charge in [0.1, 0.15) is 5.75 Å². The molecule has 4 heteroatoms. The molecular weight excluding hydrogens is 276 g/mol. The van der Waals surface area contributed by atoms with E-state index in [1.165, 1.54) is 0 Å². The van der Waals surface area contributed by atoms with Crippen molar-refractivity contribution in [2.75, 3.05) is 11.9 Å². The minimum atomic E-state index is -0.556. The molecule has 0 bridgehead atoms. The summed E-state index contributed by atoms with van der Waals surface area (Å²) in [5, 5.41) is 6.15. The number of nitrogens with one attached hydrogen (secondary N) is 2. The van der Waals surface area contributed by atoms with Gasteiger partial charge in [-0.05, 0) is 43.3 Å². The van der Waals surface area contributed by atoms with Crippen molar-refractivity contribution in [3.05, 3.63) is 60.2 Å². The number of hydrogen-bond acceptors (Lipinski definition) is 3. The van der Waals surface area contributed by atoms with Crippen LogP contribution in [-0.2, 0) is 11.3 Å². The Hall–Kier alpha value is -2.33. The maximum absolute atomic E-state index is 12.2. The number of benzene rings is 2. The maximum Gasteiger partial charge on any atom is 0.265 e. The highest BCUT2D eigenvalue weighted by atomic mass is 16.5. The third-order valence-electron chi connectivity index (χ3n) is 3.20. The zero-order valence-corrected chi connectivity index (χ0v) is 13.0. The first-order chi connectivity index (χ1) is 10.7. The van der Waals surface area contributed by atoms with Crippen LogP contribution < -0.4 is 15.4 Å². The smallest absolute Gasteiger partial charge is 0.265 e. The molecule has 0 aliphatic carbocycles. The molecule has 116 valence electrons. The third-order valence-corrected chi connectivity index (χ3v) is 3.20. The zero-order chi connectivity index (χ0) is 15.8. The molecule has 0 radical (unpaired) electrons. The van der Waals surface area contributed by atoms with Gasteiger partial charge in [-0.3, -0.25) is 4.79 Å². The minimum Gasteiger partial charge on any atom is -0.481 e. The monoisotopic (exact) mass is 298 g/mol. The molecule has 1 atom stereocenters. The SMILES string of the molecule is CCNCc1cccc(NC(=O)C(C)Oc2ccccc2)c1. The second kappa shape index (κ2) is 8.20. The molecule has 1 unspecified atom stereocenters. The van der Waals surface area contributed by atoms with Gasteiger partial charge in [-0.2, -0.15) is 0 Å². The average Bonchev–Trinajstić information content (AvgIpc) is 2.54. The normalized spacial score (nSPS) is 11.7. The van der Waals surface area contributed by atoms with E-state index in [2.05, 4.69) is 17.6 Å². The molecule has 2 rings (SSSR count). The first-order valence-corrected chi connectivity index (χ1v) is 7.51. The largest absolute Gasteiger partial charge is 0.481 e. The predicted molar refractivity (Wildman–Crippen MR) is 89.0 cm³/mol. The van der Waals surface area contributed by atoms with Crippen LogP contribution >= 0.6 is 0 Å². The fourth-order valence-electron chi connectivity index (χ4n) is 2.03. The van der Waals surface area contributed by atoms with E-state index < -0.39 is 6.10 Å². The van der Waals surface area contributed by atoms with Crippen LogP contribution in [0.4, 0.5) is 5.69 Å². The number of hydrogen-bond donors (Lipinski definition) is 2. The fraction of sp³-hybridized carbons (Fsp3) is 0.278. The fourth-order valence-corrected chi connectivity index (χ4v) is 2.03. The minimum absolute atomic E-state index is 0.163. The summed E-state index contributed by atoms with van der Waals surface area (Å²) < 4.78 is 5.62. The van der Waals surface area contributed by atoms with E-state index in [9.17, 15) is 4.79 Å². The molecule has 0 aromatic heterocycles. The van der Waals surface area contributed by atoms with Gasteiger partial charge in [-0.1, -0.05) is 37.3 Å². The summed E-state index contributed by atoms with van der Waals surface area (Å²) >= 11 is 0. The Morgan fingerprint density at radius 2 is 1.91 bits per heavy atom. The Bertz CT molecular complexity index is 599. The number of rotatable bonds is 7. The number of ether oxygens (including phenoxy) is 1. The molecule has 1 amide bonds. The molecule has 2 aromatic carbocycles. The highest BCUT2D eigenvalue weighted by Gasteiger charge is 2.14. The molecule has 0 spiro atoms. The lowest BCUT2D eigenvalue weighted by Crippen LogP contribution is -2.30. The lowest BCUT2D eigenvalue weighted by molar-refractivity contribution is -0.122. The summed E-state index contributed by atoms with van der Waals surface area (Å²) in [6.07, 6.45) is -0.556. The number of carbonyl (C=O) groups excluding carboxylic acids is 1. The summed E-state index contributed by atoms with van der Waals surface area (Å²) in [5.41, 5.74) is 1.92. The maximum atomic E-state index is 12.2. The van der Waals surface area contributed by atoms with Crippen molar-refractivity contribution >= 4 is 11.6 Å². The van der Waals surface area contributed by atoms with E-state index in [1.54, 1.807) is 6.92 Å². The first-order valence-electron chi connectivity index (χ1n) is 7.51. The quantitative estimate of drug-likeness (QED) is 0.825. The van der Waals surface area contributed by atoms with Crippen LogP contribution in [0.1, 0.15) is 19.4 Å². The van der Waals surface area contributed by atoms with Crippen molar-refractivity contribution in [3.8, 4) is 5.75 Å². The molecule has 0 saturated carbocycles. The molecule has 22 heavy (non-hydrogen) atoms. The molecular formula is C18H22N2O2. The van der Waals surface area contributed by atoms with Crippen molar-refractivity contribution in [2.24, 2.45) is 0 Å². The van der Waals surface area contributed by atoms with Crippen molar-refractivity contribution in [2.45, 2.75) is 26.5 Å². The van der Waals surface area contributed by atoms with E-state index in [1.807, 2.05) is 54.6 Å². The van der Waals surface area contributed by atoms with Crippen LogP contribution in [0.15, 0.2) is 54.6 Å². The average molecular weight is 298 g/mol. The van der Waals surface area contributed by atoms with Crippen molar-refractivity contribution in [1.82, 2.24) is 5.32 Å².